The maximum atomic E-state index is 11.2. The second-order valence-electron chi connectivity index (χ2n) is 6.50. The molecule has 2 aromatic carbocycles. The van der Waals surface area contributed by atoms with Gasteiger partial charge in [0.25, 0.3) is 5.56 Å². The van der Waals surface area contributed by atoms with Gasteiger partial charge < -0.3 is 16.4 Å². The van der Waals surface area contributed by atoms with Crippen LogP contribution in [0.3, 0.4) is 0 Å². The molecule has 0 radical (unpaired) electrons. The highest BCUT2D eigenvalue weighted by Gasteiger charge is 2.04. The fourth-order valence-corrected chi connectivity index (χ4v) is 3.82. The van der Waals surface area contributed by atoms with Gasteiger partial charge in [0.15, 0.2) is 0 Å². The van der Waals surface area contributed by atoms with Crippen LogP contribution in [0.5, 0.6) is 5.88 Å². The van der Waals surface area contributed by atoms with Crippen molar-refractivity contribution in [2.75, 3.05) is 11.7 Å². The quantitative estimate of drug-likeness (QED) is 0.186. The molecule has 0 spiro atoms. The van der Waals surface area contributed by atoms with Gasteiger partial charge in [0.1, 0.15) is 19.0 Å². The van der Waals surface area contributed by atoms with E-state index >= 15 is 0 Å². The Balaban J connectivity index is 0.000000191. The summed E-state index contributed by atoms with van der Waals surface area (Å²) in [5.74, 6) is 12.3. The van der Waals surface area contributed by atoms with Crippen LogP contribution in [-0.4, -0.2) is 29.7 Å². The Labute approximate surface area is 220 Å². The number of thioether (sulfide) groups is 1. The molecule has 2 heterocycles. The number of rotatable bonds is 6. The number of nitrogens with two attached hydrogens (primary N) is 2. The smallest absolute Gasteiger partial charge is 0.291 e. The van der Waals surface area contributed by atoms with Gasteiger partial charge in [-0.25, -0.2) is 0 Å². The first-order valence-electron chi connectivity index (χ1n) is 9.47. The molecule has 10 nitrogen and oxygen atoms in total. The number of ether oxygens (including phenoxy) is 1. The minimum atomic E-state index is -0.363. The summed E-state index contributed by atoms with van der Waals surface area (Å²) in [7, 11) is 0. The van der Waals surface area contributed by atoms with E-state index in [1.807, 2.05) is 48.5 Å². The molecule has 14 heteroatoms. The van der Waals surface area contributed by atoms with Crippen molar-refractivity contribution >= 4 is 55.8 Å². The summed E-state index contributed by atoms with van der Waals surface area (Å²) in [6.45, 7) is 0.394. The van der Waals surface area contributed by atoms with Gasteiger partial charge in [-0.3, -0.25) is 4.79 Å². The van der Waals surface area contributed by atoms with E-state index in [-0.39, 0.29) is 10.3 Å². The molecule has 0 bridgehead atoms. The van der Waals surface area contributed by atoms with E-state index in [0.717, 1.165) is 30.9 Å². The summed E-state index contributed by atoms with van der Waals surface area (Å²) < 4.78 is 9.91. The fourth-order valence-electron chi connectivity index (χ4n) is 2.34. The normalized spacial score (nSPS) is 10.3. The Morgan fingerprint density at radius 3 is 2.12 bits per heavy atom. The van der Waals surface area contributed by atoms with Gasteiger partial charge >= 0.3 is 0 Å². The summed E-state index contributed by atoms with van der Waals surface area (Å²) in [5, 5.41) is 15.1. The Kier molecular flexibility index (Phi) is 9.56. The molecule has 0 unspecified atom stereocenters. The Bertz CT molecular complexity index is 1240. The zero-order valence-corrected chi connectivity index (χ0v) is 22.2. The summed E-state index contributed by atoms with van der Waals surface area (Å²) in [6, 6.07) is 15.7. The molecule has 0 amide bonds. The van der Waals surface area contributed by atoms with Crippen molar-refractivity contribution in [2.45, 2.75) is 17.5 Å². The molecule has 34 heavy (non-hydrogen) atoms. The van der Waals surface area contributed by atoms with Crippen LogP contribution < -0.4 is 22.0 Å². The van der Waals surface area contributed by atoms with E-state index in [2.05, 4.69) is 52.3 Å². The predicted molar refractivity (Wildman–Crippen MR) is 140 cm³/mol. The first-order chi connectivity index (χ1) is 16.3. The molecule has 0 saturated heterocycles. The second kappa shape index (κ2) is 12.6. The second-order valence-corrected chi connectivity index (χ2v) is 9.64. The van der Waals surface area contributed by atoms with Crippen LogP contribution in [0.2, 0.25) is 0 Å². The van der Waals surface area contributed by atoms with Crippen LogP contribution in [-0.2, 0) is 12.4 Å². The average molecular weight is 626 g/mol. The minimum absolute atomic E-state index is 0.179. The first kappa shape index (κ1) is 25.8. The molecule has 0 atom stereocenters. The Hall–Kier alpha value is -2.81. The highest BCUT2D eigenvalue weighted by Crippen LogP contribution is 2.20. The van der Waals surface area contributed by atoms with Crippen LogP contribution in [0.1, 0.15) is 11.1 Å². The fraction of sp³-hybridized carbons (Fsp3) is 0.100. The van der Waals surface area contributed by atoms with E-state index in [1.165, 1.54) is 22.6 Å². The lowest BCUT2D eigenvalue weighted by molar-refractivity contribution is 0.280. The predicted octanol–water partition coefficient (Wildman–Crippen LogP) is 3.47. The average Bonchev–Trinajstić information content (AvgIpc) is 2.83. The SMILES string of the molecule is Nn1c(OCc2ccc(Br)cc2)cnnc1=S.Nn1c(SCc2ccc(Br)cc2)nncc1=O. The number of aromatic nitrogens is 6. The lowest BCUT2D eigenvalue weighted by Gasteiger charge is -2.09. The van der Waals surface area contributed by atoms with E-state index in [0.29, 0.717) is 23.4 Å². The van der Waals surface area contributed by atoms with Crippen molar-refractivity contribution in [2.24, 2.45) is 0 Å². The van der Waals surface area contributed by atoms with Crippen molar-refractivity contribution in [3.63, 3.8) is 0 Å². The molecule has 2 aromatic heterocycles. The van der Waals surface area contributed by atoms with Crippen molar-refractivity contribution in [1.29, 1.82) is 0 Å². The lowest BCUT2D eigenvalue weighted by Crippen LogP contribution is -2.29. The van der Waals surface area contributed by atoms with Crippen molar-refractivity contribution in [1.82, 2.24) is 29.7 Å². The number of benzene rings is 2. The summed E-state index contributed by atoms with van der Waals surface area (Å²) in [4.78, 5) is 11.2. The molecule has 0 fully saturated rings. The Morgan fingerprint density at radius 1 is 0.882 bits per heavy atom. The highest BCUT2D eigenvalue weighted by atomic mass is 79.9. The zero-order chi connectivity index (χ0) is 24.5. The molecule has 4 rings (SSSR count). The third-order valence-corrected chi connectivity index (χ3v) is 6.44. The van der Waals surface area contributed by atoms with E-state index in [4.69, 9.17) is 28.6 Å². The molecular weight excluding hydrogens is 608 g/mol. The number of hydrogen-bond acceptors (Lipinski definition) is 10. The first-order valence-corrected chi connectivity index (χ1v) is 12.5. The standard InChI is InChI=1S/2C10H9BrN4OS/c11-8-3-1-7(2-4-8)6-17-10-14-13-5-9(16)15(10)12;11-8-3-1-7(2-4-8)6-16-9-5-13-14-10(17)15(9)12/h2*1-5H,6,12H2. The number of nitrogens with zero attached hydrogens (tertiary/aromatic N) is 6. The monoisotopic (exact) mass is 624 g/mol. The molecule has 176 valence electrons. The third-order valence-electron chi connectivity index (χ3n) is 4.09. The minimum Gasteiger partial charge on any atom is -0.472 e. The Morgan fingerprint density at radius 2 is 1.47 bits per heavy atom. The summed E-state index contributed by atoms with van der Waals surface area (Å²) in [5.41, 5.74) is 1.78. The molecule has 4 N–H and O–H groups in total. The van der Waals surface area contributed by atoms with Gasteiger partial charge in [-0.2, -0.15) is 19.5 Å². The molecule has 0 aliphatic heterocycles. The van der Waals surface area contributed by atoms with E-state index in [9.17, 15) is 4.79 Å². The topological polar surface area (TPSA) is 140 Å². The number of halogens is 2. The molecule has 4 aromatic rings. The van der Waals surface area contributed by atoms with E-state index in [1.54, 1.807) is 0 Å². The third kappa shape index (κ3) is 7.62. The zero-order valence-electron chi connectivity index (χ0n) is 17.4. The lowest BCUT2D eigenvalue weighted by atomic mass is 10.2. The van der Waals surface area contributed by atoms with Crippen molar-refractivity contribution in [3.05, 3.63) is 96.1 Å². The molecular formula is C20H18Br2N8O2S2. The van der Waals surface area contributed by atoms with Gasteiger partial charge in [-0.1, -0.05) is 67.9 Å². The number of hydrogen-bond donors (Lipinski definition) is 2. The van der Waals surface area contributed by atoms with Crippen LogP contribution >= 0.6 is 55.8 Å². The summed E-state index contributed by atoms with van der Waals surface area (Å²) in [6.07, 6.45) is 2.51. The van der Waals surface area contributed by atoms with Gasteiger partial charge in [-0.05, 0) is 47.6 Å². The van der Waals surface area contributed by atoms with Gasteiger partial charge in [0, 0.05) is 14.7 Å². The maximum absolute atomic E-state index is 11.2. The van der Waals surface area contributed by atoms with E-state index < -0.39 is 0 Å². The number of nitrogen functional groups attached to an aromatic ring is 2. The molecule has 0 saturated carbocycles. The molecule has 0 aliphatic rings. The maximum Gasteiger partial charge on any atom is 0.291 e. The van der Waals surface area contributed by atoms with Gasteiger partial charge in [0.05, 0.1) is 0 Å². The van der Waals surface area contributed by atoms with Crippen molar-refractivity contribution in [3.8, 4) is 5.88 Å². The van der Waals surface area contributed by atoms with Crippen molar-refractivity contribution < 1.29 is 4.74 Å². The van der Waals surface area contributed by atoms with Gasteiger partial charge in [0.2, 0.25) is 15.8 Å². The van der Waals surface area contributed by atoms with Gasteiger partial charge in [-0.15, -0.1) is 10.2 Å². The van der Waals surface area contributed by atoms with Crippen LogP contribution in [0.15, 0.2) is 79.8 Å². The van der Waals surface area contributed by atoms with Crippen LogP contribution in [0.25, 0.3) is 0 Å². The largest absolute Gasteiger partial charge is 0.472 e. The highest BCUT2D eigenvalue weighted by molar-refractivity contribution is 9.10. The molecule has 0 aliphatic carbocycles. The summed E-state index contributed by atoms with van der Waals surface area (Å²) >= 11 is 13.0. The van der Waals surface area contributed by atoms with Crippen LogP contribution in [0.4, 0.5) is 0 Å². The van der Waals surface area contributed by atoms with Crippen LogP contribution in [0, 0.1) is 4.77 Å².